The first kappa shape index (κ1) is 17.9. The summed E-state index contributed by atoms with van der Waals surface area (Å²) in [7, 11) is 0. The number of fused-ring (bicyclic) bond motifs is 1. The Hall–Kier alpha value is -2.54. The quantitative estimate of drug-likeness (QED) is 0.620. The van der Waals surface area contributed by atoms with Crippen molar-refractivity contribution in [2.45, 2.75) is 39.2 Å². The Morgan fingerprint density at radius 3 is 2.81 bits per heavy atom. The van der Waals surface area contributed by atoms with Crippen LogP contribution >= 0.6 is 11.6 Å². The first-order chi connectivity index (χ1) is 13.0. The normalized spacial score (nSPS) is 16.8. The van der Waals surface area contributed by atoms with Crippen molar-refractivity contribution in [2.24, 2.45) is 4.99 Å². The predicted octanol–water partition coefficient (Wildman–Crippen LogP) is 5.24. The number of nitrogens with one attached hydrogen (secondary N) is 1. The molecule has 0 saturated heterocycles. The number of hydrogen-bond acceptors (Lipinski definition) is 3. The fourth-order valence-electron chi connectivity index (χ4n) is 3.67. The second-order valence-corrected chi connectivity index (χ2v) is 6.97. The Balaban J connectivity index is 1.83. The van der Waals surface area contributed by atoms with Crippen molar-refractivity contribution in [3.63, 3.8) is 0 Å². The molecule has 0 saturated carbocycles. The minimum absolute atomic E-state index is 0.174. The van der Waals surface area contributed by atoms with Gasteiger partial charge in [-0.25, -0.2) is 13.8 Å². The highest BCUT2D eigenvalue weighted by Gasteiger charge is 2.29. The molecule has 140 valence electrons. The minimum Gasteiger partial charge on any atom is -0.269 e. The standard InChI is InChI=1S/C19H18ClF2N5/c1-3-11-7-8-27-18(11)12(9-23-27)16-17(19(20)26-25-16)24-10(2)15-13(21)5-4-6-14(15)22/h4-6,9,11H,3,7-8H2,1-2H3,(H,25,26). The summed E-state index contributed by atoms with van der Waals surface area (Å²) < 4.78 is 30.2. The number of aromatic amines is 1. The van der Waals surface area contributed by atoms with Crippen molar-refractivity contribution in [3.05, 3.63) is 52.4 Å². The number of H-pyrrole nitrogens is 1. The van der Waals surface area contributed by atoms with Gasteiger partial charge in [0.1, 0.15) is 23.0 Å². The van der Waals surface area contributed by atoms with Crippen LogP contribution in [0.2, 0.25) is 5.15 Å². The molecule has 0 aliphatic carbocycles. The van der Waals surface area contributed by atoms with Crippen molar-refractivity contribution in [1.29, 1.82) is 0 Å². The van der Waals surface area contributed by atoms with Gasteiger partial charge in [0.15, 0.2) is 5.15 Å². The lowest BCUT2D eigenvalue weighted by atomic mass is 9.97. The summed E-state index contributed by atoms with van der Waals surface area (Å²) in [4.78, 5) is 4.42. The monoisotopic (exact) mass is 389 g/mol. The molecule has 1 aromatic carbocycles. The molecule has 3 heterocycles. The number of aliphatic imine (C=N–C) groups is 1. The van der Waals surface area contributed by atoms with Crippen LogP contribution in [0.4, 0.5) is 14.5 Å². The van der Waals surface area contributed by atoms with E-state index in [1.165, 1.54) is 18.2 Å². The van der Waals surface area contributed by atoms with E-state index in [4.69, 9.17) is 11.6 Å². The molecule has 4 rings (SSSR count). The molecule has 1 unspecified atom stereocenters. The average molecular weight is 390 g/mol. The molecule has 1 aliphatic heterocycles. The predicted molar refractivity (Wildman–Crippen MR) is 101 cm³/mol. The van der Waals surface area contributed by atoms with Crippen LogP contribution < -0.4 is 0 Å². The highest BCUT2D eigenvalue weighted by Crippen LogP contribution is 2.42. The zero-order valence-corrected chi connectivity index (χ0v) is 15.7. The lowest BCUT2D eigenvalue weighted by Crippen LogP contribution is -2.02. The maximum absolute atomic E-state index is 14.1. The van der Waals surface area contributed by atoms with Gasteiger partial charge in [0, 0.05) is 18.0 Å². The number of nitrogens with zero attached hydrogens (tertiary/aromatic N) is 4. The molecule has 1 N–H and O–H groups in total. The van der Waals surface area contributed by atoms with E-state index in [9.17, 15) is 8.78 Å². The summed E-state index contributed by atoms with van der Waals surface area (Å²) >= 11 is 6.25. The fourth-order valence-corrected chi connectivity index (χ4v) is 3.84. The SMILES string of the molecule is CCC1CCn2ncc(-c3n[nH]c(Cl)c3N=C(C)c3c(F)cccc3F)c21. The summed E-state index contributed by atoms with van der Waals surface area (Å²) in [5.74, 6) is -0.954. The summed E-state index contributed by atoms with van der Waals surface area (Å²) in [5, 5.41) is 11.7. The second kappa shape index (κ2) is 6.88. The number of hydrogen-bond donors (Lipinski definition) is 1. The van der Waals surface area contributed by atoms with Crippen molar-refractivity contribution >= 4 is 23.0 Å². The highest BCUT2D eigenvalue weighted by molar-refractivity contribution is 6.32. The maximum Gasteiger partial charge on any atom is 0.150 e. The number of aromatic nitrogens is 4. The van der Waals surface area contributed by atoms with E-state index in [0.29, 0.717) is 17.3 Å². The van der Waals surface area contributed by atoms with Crippen LogP contribution in [0.3, 0.4) is 0 Å². The summed E-state index contributed by atoms with van der Waals surface area (Å²) in [6, 6.07) is 3.72. The van der Waals surface area contributed by atoms with Crippen molar-refractivity contribution in [1.82, 2.24) is 20.0 Å². The van der Waals surface area contributed by atoms with Crippen LogP contribution in [0.15, 0.2) is 29.4 Å². The van der Waals surface area contributed by atoms with Gasteiger partial charge in [-0.3, -0.25) is 9.78 Å². The second-order valence-electron chi connectivity index (χ2n) is 6.59. The van der Waals surface area contributed by atoms with Crippen LogP contribution in [-0.4, -0.2) is 25.7 Å². The zero-order chi connectivity index (χ0) is 19.1. The molecule has 0 radical (unpaired) electrons. The minimum atomic E-state index is -0.671. The fraction of sp³-hybridized carbons (Fsp3) is 0.316. The first-order valence-electron chi connectivity index (χ1n) is 8.80. The van der Waals surface area contributed by atoms with Crippen molar-refractivity contribution in [2.75, 3.05) is 0 Å². The Morgan fingerprint density at radius 2 is 2.11 bits per heavy atom. The molecular formula is C19H18ClF2N5. The molecule has 1 aliphatic rings. The Kier molecular flexibility index (Phi) is 4.55. The van der Waals surface area contributed by atoms with Crippen LogP contribution in [0.25, 0.3) is 11.3 Å². The van der Waals surface area contributed by atoms with Gasteiger partial charge in [0.2, 0.25) is 0 Å². The molecular weight excluding hydrogens is 372 g/mol. The van der Waals surface area contributed by atoms with Crippen LogP contribution in [0.5, 0.6) is 0 Å². The van der Waals surface area contributed by atoms with E-state index >= 15 is 0 Å². The molecule has 3 aromatic rings. The summed E-state index contributed by atoms with van der Waals surface area (Å²) in [5.41, 5.74) is 2.86. The molecule has 8 heteroatoms. The van der Waals surface area contributed by atoms with Gasteiger partial charge in [-0.1, -0.05) is 24.6 Å². The van der Waals surface area contributed by atoms with Gasteiger partial charge in [-0.05, 0) is 31.9 Å². The molecule has 27 heavy (non-hydrogen) atoms. The lowest BCUT2D eigenvalue weighted by molar-refractivity contribution is 0.579. The van der Waals surface area contributed by atoms with E-state index in [-0.39, 0.29) is 16.4 Å². The van der Waals surface area contributed by atoms with Crippen LogP contribution in [0, 0.1) is 11.6 Å². The topological polar surface area (TPSA) is 58.9 Å². The Bertz CT molecular complexity index is 1020. The number of halogens is 3. The smallest absolute Gasteiger partial charge is 0.150 e. The van der Waals surface area contributed by atoms with E-state index in [1.807, 2.05) is 4.68 Å². The summed E-state index contributed by atoms with van der Waals surface area (Å²) in [6.45, 7) is 4.55. The van der Waals surface area contributed by atoms with E-state index in [1.54, 1.807) is 13.1 Å². The zero-order valence-electron chi connectivity index (χ0n) is 14.9. The third-order valence-corrected chi connectivity index (χ3v) is 5.27. The molecule has 0 fully saturated rings. The van der Waals surface area contributed by atoms with Crippen LogP contribution in [0.1, 0.15) is 43.9 Å². The van der Waals surface area contributed by atoms with E-state index in [0.717, 1.165) is 30.6 Å². The Labute approximate surface area is 160 Å². The summed E-state index contributed by atoms with van der Waals surface area (Å²) in [6.07, 6.45) is 3.78. The molecule has 2 aromatic heterocycles. The molecule has 1 atom stereocenters. The van der Waals surface area contributed by atoms with Gasteiger partial charge >= 0.3 is 0 Å². The van der Waals surface area contributed by atoms with E-state index < -0.39 is 11.6 Å². The number of benzene rings is 1. The maximum atomic E-state index is 14.1. The van der Waals surface area contributed by atoms with E-state index in [2.05, 4.69) is 27.2 Å². The van der Waals surface area contributed by atoms with Gasteiger partial charge in [-0.15, -0.1) is 0 Å². The third-order valence-electron chi connectivity index (χ3n) is 5.01. The first-order valence-corrected chi connectivity index (χ1v) is 9.18. The molecule has 0 bridgehead atoms. The molecule has 0 amide bonds. The van der Waals surface area contributed by atoms with Crippen molar-refractivity contribution in [3.8, 4) is 11.3 Å². The highest BCUT2D eigenvalue weighted by atomic mass is 35.5. The lowest BCUT2D eigenvalue weighted by Gasteiger charge is -2.08. The average Bonchev–Trinajstić information content (AvgIpc) is 3.31. The van der Waals surface area contributed by atoms with Crippen molar-refractivity contribution < 1.29 is 8.78 Å². The van der Waals surface area contributed by atoms with Gasteiger partial charge < -0.3 is 0 Å². The number of aryl methyl sites for hydroxylation is 1. The van der Waals surface area contributed by atoms with Gasteiger partial charge in [0.05, 0.1) is 23.2 Å². The third kappa shape index (κ3) is 2.96. The van der Waals surface area contributed by atoms with Gasteiger partial charge in [-0.2, -0.15) is 10.2 Å². The van der Waals surface area contributed by atoms with Crippen LogP contribution in [-0.2, 0) is 6.54 Å². The van der Waals surface area contributed by atoms with Gasteiger partial charge in [0.25, 0.3) is 0 Å². The largest absolute Gasteiger partial charge is 0.269 e. The molecule has 5 nitrogen and oxygen atoms in total. The number of rotatable bonds is 4. The molecule has 0 spiro atoms. The Morgan fingerprint density at radius 1 is 1.37 bits per heavy atom.